The van der Waals surface area contributed by atoms with Gasteiger partial charge in [-0.05, 0) is 32.4 Å². The van der Waals surface area contributed by atoms with Gasteiger partial charge >= 0.3 is 0 Å². The van der Waals surface area contributed by atoms with Gasteiger partial charge < -0.3 is 10.1 Å². The number of carbonyl (C=O) groups is 1. The Kier molecular flexibility index (Phi) is 6.32. The normalized spacial score (nSPS) is 16.4. The van der Waals surface area contributed by atoms with Gasteiger partial charge in [-0.1, -0.05) is 29.8 Å². The van der Waals surface area contributed by atoms with Crippen molar-refractivity contribution in [1.29, 1.82) is 0 Å². The number of amides is 1. The number of hydrogen-bond donors (Lipinski definition) is 1. The van der Waals surface area contributed by atoms with Crippen molar-refractivity contribution in [2.45, 2.75) is 26.8 Å². The van der Waals surface area contributed by atoms with Crippen molar-refractivity contribution in [3.8, 4) is 0 Å². The Bertz CT molecular complexity index is 1050. The summed E-state index contributed by atoms with van der Waals surface area (Å²) in [6.07, 6.45) is 5.53. The number of carbonyl (C=O) groups excluding carboxylic acids is 1. The number of aryl methyl sites for hydroxylation is 3. The third-order valence-electron chi connectivity index (χ3n) is 5.40. The van der Waals surface area contributed by atoms with Crippen molar-refractivity contribution in [3.05, 3.63) is 63.9 Å². The number of ether oxygens (including phenoxy) is 1. The van der Waals surface area contributed by atoms with Gasteiger partial charge in [0.15, 0.2) is 4.96 Å². The zero-order valence-corrected chi connectivity index (χ0v) is 18.5. The van der Waals surface area contributed by atoms with E-state index in [1.807, 2.05) is 17.4 Å². The molecule has 1 aliphatic rings. The lowest BCUT2D eigenvalue weighted by atomic mass is 10.0. The SMILES string of the molecule is Cc1ccc(C(CN2CCOCC2)NC(=O)/C=C/c2c(C)nc3sc(C)cn23)cc1. The summed E-state index contributed by atoms with van der Waals surface area (Å²) in [4.78, 5) is 21.9. The summed E-state index contributed by atoms with van der Waals surface area (Å²) in [7, 11) is 0. The highest BCUT2D eigenvalue weighted by atomic mass is 32.1. The summed E-state index contributed by atoms with van der Waals surface area (Å²) in [6.45, 7) is 10.1. The van der Waals surface area contributed by atoms with Crippen LogP contribution in [0, 0.1) is 20.8 Å². The molecule has 158 valence electrons. The van der Waals surface area contributed by atoms with Crippen LogP contribution in [0.4, 0.5) is 0 Å². The molecule has 1 aliphatic heterocycles. The van der Waals surface area contributed by atoms with E-state index in [4.69, 9.17) is 4.74 Å². The van der Waals surface area contributed by atoms with Gasteiger partial charge in [0.2, 0.25) is 5.91 Å². The third kappa shape index (κ3) is 4.80. The summed E-state index contributed by atoms with van der Waals surface area (Å²) in [6, 6.07) is 8.31. The number of aromatic nitrogens is 2. The summed E-state index contributed by atoms with van der Waals surface area (Å²) in [5.41, 5.74) is 4.20. The lowest BCUT2D eigenvalue weighted by Gasteiger charge is -2.31. The smallest absolute Gasteiger partial charge is 0.244 e. The molecular weight excluding hydrogens is 396 g/mol. The van der Waals surface area contributed by atoms with Gasteiger partial charge in [0.1, 0.15) is 0 Å². The predicted octanol–water partition coefficient (Wildman–Crippen LogP) is 3.52. The molecule has 0 radical (unpaired) electrons. The minimum atomic E-state index is -0.102. The van der Waals surface area contributed by atoms with Crippen LogP contribution in [0.15, 0.2) is 36.5 Å². The fourth-order valence-corrected chi connectivity index (χ4v) is 4.61. The number of nitrogens with zero attached hydrogens (tertiary/aromatic N) is 3. The topological polar surface area (TPSA) is 58.9 Å². The molecule has 1 unspecified atom stereocenters. The highest BCUT2D eigenvalue weighted by Gasteiger charge is 2.19. The Morgan fingerprint density at radius 2 is 1.97 bits per heavy atom. The standard InChI is InChI=1S/C23H28N4O2S/c1-16-4-6-19(7-5-16)20(15-26-10-12-29-13-11-26)25-22(28)9-8-21-18(3)24-23-27(21)14-17(2)30-23/h4-9,14,20H,10-13,15H2,1-3H3,(H,25,28)/b9-8+. The van der Waals surface area contributed by atoms with E-state index >= 15 is 0 Å². The fraction of sp³-hybridized carbons (Fsp3) is 0.391. The first kappa shape index (κ1) is 20.8. The maximum atomic E-state index is 12.8. The lowest BCUT2D eigenvalue weighted by Crippen LogP contribution is -2.42. The first-order valence-corrected chi connectivity index (χ1v) is 11.1. The second kappa shape index (κ2) is 9.12. The number of imidazole rings is 1. The van der Waals surface area contributed by atoms with Crippen LogP contribution in [-0.4, -0.2) is 53.0 Å². The fourth-order valence-electron chi connectivity index (χ4n) is 3.73. The Labute approximate surface area is 181 Å². The van der Waals surface area contributed by atoms with Gasteiger partial charge in [0, 0.05) is 36.8 Å². The van der Waals surface area contributed by atoms with Crippen molar-refractivity contribution in [2.75, 3.05) is 32.8 Å². The summed E-state index contributed by atoms with van der Waals surface area (Å²) in [5, 5.41) is 3.20. The molecule has 1 amide bonds. The number of fused-ring (bicyclic) bond motifs is 1. The first-order valence-electron chi connectivity index (χ1n) is 10.3. The molecule has 1 aromatic carbocycles. The molecule has 0 spiro atoms. The Morgan fingerprint density at radius 1 is 1.23 bits per heavy atom. The molecule has 2 aromatic heterocycles. The maximum absolute atomic E-state index is 12.8. The van der Waals surface area contributed by atoms with Crippen molar-refractivity contribution in [1.82, 2.24) is 19.6 Å². The van der Waals surface area contributed by atoms with Crippen molar-refractivity contribution < 1.29 is 9.53 Å². The third-order valence-corrected chi connectivity index (χ3v) is 6.29. The van der Waals surface area contributed by atoms with Crippen molar-refractivity contribution >= 4 is 28.3 Å². The molecule has 1 saturated heterocycles. The van der Waals surface area contributed by atoms with Crippen LogP contribution in [0.25, 0.3) is 11.0 Å². The van der Waals surface area contributed by atoms with E-state index in [2.05, 4.69) is 59.5 Å². The van der Waals surface area contributed by atoms with E-state index in [0.29, 0.717) is 0 Å². The predicted molar refractivity (Wildman–Crippen MR) is 121 cm³/mol. The largest absolute Gasteiger partial charge is 0.379 e. The number of thiazole rings is 1. The maximum Gasteiger partial charge on any atom is 0.244 e. The van der Waals surface area contributed by atoms with E-state index in [1.165, 1.54) is 10.4 Å². The highest BCUT2D eigenvalue weighted by Crippen LogP contribution is 2.22. The molecule has 6 nitrogen and oxygen atoms in total. The Morgan fingerprint density at radius 3 is 2.70 bits per heavy atom. The number of rotatable bonds is 6. The van der Waals surface area contributed by atoms with Gasteiger partial charge in [-0.15, -0.1) is 11.3 Å². The minimum Gasteiger partial charge on any atom is -0.379 e. The first-order chi connectivity index (χ1) is 14.5. The van der Waals surface area contributed by atoms with E-state index in [9.17, 15) is 4.79 Å². The number of morpholine rings is 1. The molecule has 7 heteroatoms. The van der Waals surface area contributed by atoms with Crippen LogP contribution in [0.5, 0.6) is 0 Å². The van der Waals surface area contributed by atoms with E-state index < -0.39 is 0 Å². The molecule has 3 heterocycles. The monoisotopic (exact) mass is 424 g/mol. The average molecular weight is 425 g/mol. The zero-order valence-electron chi connectivity index (χ0n) is 17.7. The zero-order chi connectivity index (χ0) is 21.1. The van der Waals surface area contributed by atoms with Gasteiger partial charge in [-0.25, -0.2) is 4.98 Å². The van der Waals surface area contributed by atoms with Crippen LogP contribution in [0.3, 0.4) is 0 Å². The number of nitrogens with one attached hydrogen (secondary N) is 1. The molecule has 4 rings (SSSR count). The molecule has 1 atom stereocenters. The van der Waals surface area contributed by atoms with Gasteiger partial charge in [-0.2, -0.15) is 0 Å². The molecule has 1 N–H and O–H groups in total. The quantitative estimate of drug-likeness (QED) is 0.615. The van der Waals surface area contributed by atoms with Crippen LogP contribution >= 0.6 is 11.3 Å². The number of benzene rings is 1. The highest BCUT2D eigenvalue weighted by molar-refractivity contribution is 7.17. The Balaban J connectivity index is 1.50. The van der Waals surface area contributed by atoms with Gasteiger partial charge in [-0.3, -0.25) is 14.1 Å². The Hall–Kier alpha value is -2.48. The molecule has 3 aromatic rings. The van der Waals surface area contributed by atoms with Gasteiger partial charge in [0.05, 0.1) is 30.6 Å². The minimum absolute atomic E-state index is 0.0733. The van der Waals surface area contributed by atoms with Gasteiger partial charge in [0.25, 0.3) is 0 Å². The molecule has 30 heavy (non-hydrogen) atoms. The summed E-state index contributed by atoms with van der Waals surface area (Å²) in [5.74, 6) is -0.102. The van der Waals surface area contributed by atoms with Crippen LogP contribution in [0.2, 0.25) is 0 Å². The molecule has 0 bridgehead atoms. The molecule has 0 aliphatic carbocycles. The van der Waals surface area contributed by atoms with Crippen molar-refractivity contribution in [2.24, 2.45) is 0 Å². The second-order valence-electron chi connectivity index (χ2n) is 7.80. The molecular formula is C23H28N4O2S. The second-order valence-corrected chi connectivity index (χ2v) is 9.01. The van der Waals surface area contributed by atoms with Crippen LogP contribution in [-0.2, 0) is 9.53 Å². The summed E-state index contributed by atoms with van der Waals surface area (Å²) >= 11 is 1.65. The van der Waals surface area contributed by atoms with Crippen LogP contribution < -0.4 is 5.32 Å². The van der Waals surface area contributed by atoms with E-state index in [1.54, 1.807) is 17.4 Å². The molecule has 0 saturated carbocycles. The van der Waals surface area contributed by atoms with Crippen molar-refractivity contribution in [3.63, 3.8) is 0 Å². The summed E-state index contributed by atoms with van der Waals surface area (Å²) < 4.78 is 7.51. The number of hydrogen-bond acceptors (Lipinski definition) is 5. The average Bonchev–Trinajstić information content (AvgIpc) is 3.22. The lowest BCUT2D eigenvalue weighted by molar-refractivity contribution is -0.117. The molecule has 1 fully saturated rings. The van der Waals surface area contributed by atoms with E-state index in [0.717, 1.165) is 54.8 Å². The van der Waals surface area contributed by atoms with Crippen LogP contribution in [0.1, 0.15) is 33.4 Å². The van der Waals surface area contributed by atoms with E-state index in [-0.39, 0.29) is 11.9 Å².